The van der Waals surface area contributed by atoms with E-state index in [2.05, 4.69) is 4.90 Å². The Balaban J connectivity index is 1.43. The summed E-state index contributed by atoms with van der Waals surface area (Å²) in [5, 5.41) is 0. The molecule has 2 heterocycles. The maximum absolute atomic E-state index is 13.4. The van der Waals surface area contributed by atoms with Gasteiger partial charge in [-0.2, -0.15) is 0 Å². The number of para-hydroxylation sites is 1. The summed E-state index contributed by atoms with van der Waals surface area (Å²) < 4.78 is 11.2. The predicted molar refractivity (Wildman–Crippen MR) is 123 cm³/mol. The second-order valence-electron chi connectivity index (χ2n) is 8.51. The zero-order chi connectivity index (χ0) is 22.5. The predicted octanol–water partition coefficient (Wildman–Crippen LogP) is 2.80. The lowest BCUT2D eigenvalue weighted by atomic mass is 9.83. The number of anilines is 1. The molecule has 2 aliphatic rings. The quantitative estimate of drug-likeness (QED) is 0.720. The molecule has 2 aliphatic heterocycles. The molecule has 2 N–H and O–H groups in total. The molecule has 4 rings (SSSR count). The molecule has 32 heavy (non-hydrogen) atoms. The first-order valence-corrected chi connectivity index (χ1v) is 11.3. The van der Waals surface area contributed by atoms with Gasteiger partial charge in [0.2, 0.25) is 5.91 Å². The number of fused-ring (bicyclic) bond motifs is 1. The van der Waals surface area contributed by atoms with Gasteiger partial charge in [0.1, 0.15) is 12.4 Å². The van der Waals surface area contributed by atoms with Gasteiger partial charge >= 0.3 is 0 Å². The molecule has 1 saturated heterocycles. The van der Waals surface area contributed by atoms with Gasteiger partial charge in [-0.3, -0.25) is 14.5 Å². The molecule has 2 aromatic rings. The second kappa shape index (κ2) is 10.1. The van der Waals surface area contributed by atoms with Crippen molar-refractivity contribution in [2.75, 3.05) is 44.4 Å². The first-order valence-electron chi connectivity index (χ1n) is 11.3. The zero-order valence-electron chi connectivity index (χ0n) is 18.5. The lowest BCUT2D eigenvalue weighted by Crippen LogP contribution is -2.43. The molecule has 0 radical (unpaired) electrons. The van der Waals surface area contributed by atoms with Crippen LogP contribution in [0.25, 0.3) is 0 Å². The minimum Gasteiger partial charge on any atom is -0.492 e. The molecule has 7 nitrogen and oxygen atoms in total. The third-order valence-electron chi connectivity index (χ3n) is 6.25. The van der Waals surface area contributed by atoms with E-state index in [0.717, 1.165) is 49.8 Å². The van der Waals surface area contributed by atoms with Gasteiger partial charge in [0.05, 0.1) is 13.2 Å². The third-order valence-corrected chi connectivity index (χ3v) is 6.25. The number of primary amides is 1. The van der Waals surface area contributed by atoms with Crippen molar-refractivity contribution in [1.29, 1.82) is 0 Å². The fraction of sp³-hybridized carbons (Fsp3) is 0.440. The second-order valence-corrected chi connectivity index (χ2v) is 8.51. The first-order chi connectivity index (χ1) is 15.5. The van der Waals surface area contributed by atoms with Gasteiger partial charge in [0.15, 0.2) is 0 Å². The van der Waals surface area contributed by atoms with E-state index in [-0.39, 0.29) is 23.8 Å². The van der Waals surface area contributed by atoms with E-state index in [9.17, 15) is 9.59 Å². The van der Waals surface area contributed by atoms with E-state index in [1.807, 2.05) is 60.4 Å². The smallest absolute Gasteiger partial charge is 0.258 e. The molecule has 2 amide bonds. The van der Waals surface area contributed by atoms with Crippen LogP contribution in [-0.4, -0.2) is 62.2 Å². The number of hydrogen-bond donors (Lipinski definition) is 1. The Morgan fingerprint density at radius 1 is 1.09 bits per heavy atom. The first kappa shape index (κ1) is 22.3. The number of hydrogen-bond acceptors (Lipinski definition) is 5. The largest absolute Gasteiger partial charge is 0.492 e. The molecule has 0 saturated carbocycles. The number of carbonyl (C=O) groups is 2. The van der Waals surface area contributed by atoms with Crippen molar-refractivity contribution in [2.45, 2.75) is 31.7 Å². The van der Waals surface area contributed by atoms with E-state index in [0.29, 0.717) is 25.0 Å². The molecule has 0 spiro atoms. The molecule has 0 aliphatic carbocycles. The number of nitrogens with two attached hydrogens (primary N) is 1. The van der Waals surface area contributed by atoms with E-state index >= 15 is 0 Å². The molecule has 170 valence electrons. The summed E-state index contributed by atoms with van der Waals surface area (Å²) in [6, 6.07) is 15.1. The Kier molecular flexibility index (Phi) is 7.07. The highest BCUT2D eigenvalue weighted by molar-refractivity contribution is 6.07. The highest BCUT2D eigenvalue weighted by atomic mass is 16.5. The molecule has 7 heteroatoms. The van der Waals surface area contributed by atoms with Crippen LogP contribution < -0.4 is 15.4 Å². The van der Waals surface area contributed by atoms with Crippen molar-refractivity contribution in [3.63, 3.8) is 0 Å². The minimum atomic E-state index is -0.319. The van der Waals surface area contributed by atoms with Crippen molar-refractivity contribution in [3.05, 3.63) is 59.7 Å². The number of carbonyl (C=O) groups excluding carboxylic acids is 2. The van der Waals surface area contributed by atoms with E-state index in [1.54, 1.807) is 0 Å². The fourth-order valence-electron chi connectivity index (χ4n) is 4.63. The minimum absolute atomic E-state index is 0.0324. The standard InChI is InChI=1S/C25H31N3O4/c1-18-16-20(17-24(26)29)22-4-2-3-5-23(22)28(18)25(30)19-6-8-21(9-7-19)32-15-12-27-10-13-31-14-11-27/h2-9,18,20H,10-17H2,1H3,(H2,26,29). The van der Waals surface area contributed by atoms with Gasteiger partial charge in [0, 0.05) is 43.3 Å². The van der Waals surface area contributed by atoms with Crippen LogP contribution in [0.2, 0.25) is 0 Å². The Bertz CT molecular complexity index is 940. The van der Waals surface area contributed by atoms with Crippen molar-refractivity contribution >= 4 is 17.5 Å². The van der Waals surface area contributed by atoms with Crippen LogP contribution in [0.15, 0.2) is 48.5 Å². The maximum Gasteiger partial charge on any atom is 0.258 e. The van der Waals surface area contributed by atoms with Crippen molar-refractivity contribution in [3.8, 4) is 5.75 Å². The summed E-state index contributed by atoms with van der Waals surface area (Å²) in [4.78, 5) is 29.1. The zero-order valence-corrected chi connectivity index (χ0v) is 18.5. The summed E-state index contributed by atoms with van der Waals surface area (Å²) in [7, 11) is 0. The number of benzene rings is 2. The van der Waals surface area contributed by atoms with Crippen LogP contribution in [0.5, 0.6) is 5.75 Å². The van der Waals surface area contributed by atoms with Gasteiger partial charge in [-0.15, -0.1) is 0 Å². The monoisotopic (exact) mass is 437 g/mol. The molecule has 2 atom stereocenters. The van der Waals surface area contributed by atoms with E-state index in [1.165, 1.54) is 0 Å². The van der Waals surface area contributed by atoms with Crippen molar-refractivity contribution in [2.24, 2.45) is 5.73 Å². The summed E-state index contributed by atoms with van der Waals surface area (Å²) in [5.74, 6) is 0.414. The van der Waals surface area contributed by atoms with Crippen LogP contribution in [-0.2, 0) is 9.53 Å². The molecular weight excluding hydrogens is 406 g/mol. The van der Waals surface area contributed by atoms with Crippen molar-refractivity contribution in [1.82, 2.24) is 4.90 Å². The lowest BCUT2D eigenvalue weighted by molar-refractivity contribution is -0.118. The molecule has 2 aromatic carbocycles. The number of morpholine rings is 1. The fourth-order valence-corrected chi connectivity index (χ4v) is 4.63. The maximum atomic E-state index is 13.4. The molecular formula is C25H31N3O4. The van der Waals surface area contributed by atoms with Gasteiger partial charge < -0.3 is 20.1 Å². The van der Waals surface area contributed by atoms with Gasteiger partial charge in [-0.25, -0.2) is 0 Å². The Morgan fingerprint density at radius 2 is 1.81 bits per heavy atom. The van der Waals surface area contributed by atoms with Crippen molar-refractivity contribution < 1.29 is 19.1 Å². The number of amides is 2. The Labute approximate surface area is 189 Å². The molecule has 0 bridgehead atoms. The number of ether oxygens (including phenoxy) is 2. The van der Waals surface area contributed by atoms with E-state index in [4.69, 9.17) is 15.2 Å². The third kappa shape index (κ3) is 5.11. The summed E-state index contributed by atoms with van der Waals surface area (Å²) >= 11 is 0. The van der Waals surface area contributed by atoms with Crippen LogP contribution >= 0.6 is 0 Å². The average Bonchev–Trinajstić information content (AvgIpc) is 2.80. The molecule has 1 fully saturated rings. The van der Waals surface area contributed by atoms with Crippen LogP contribution in [0.3, 0.4) is 0 Å². The van der Waals surface area contributed by atoms with Gasteiger partial charge in [-0.05, 0) is 55.2 Å². The van der Waals surface area contributed by atoms with Crippen LogP contribution in [0, 0.1) is 0 Å². The molecule has 2 unspecified atom stereocenters. The average molecular weight is 438 g/mol. The SMILES string of the molecule is CC1CC(CC(N)=O)c2ccccc2N1C(=O)c1ccc(OCCN2CCOCC2)cc1. The number of nitrogens with zero attached hydrogens (tertiary/aromatic N) is 2. The Hall–Kier alpha value is -2.90. The Morgan fingerprint density at radius 3 is 2.53 bits per heavy atom. The molecule has 0 aromatic heterocycles. The highest BCUT2D eigenvalue weighted by Gasteiger charge is 2.34. The highest BCUT2D eigenvalue weighted by Crippen LogP contribution is 2.40. The van der Waals surface area contributed by atoms with Gasteiger partial charge in [-0.1, -0.05) is 18.2 Å². The van der Waals surface area contributed by atoms with Crippen LogP contribution in [0.4, 0.5) is 5.69 Å². The normalized spacial score (nSPS) is 21.1. The van der Waals surface area contributed by atoms with Gasteiger partial charge in [0.25, 0.3) is 5.91 Å². The number of rotatable bonds is 7. The lowest BCUT2D eigenvalue weighted by Gasteiger charge is -2.39. The van der Waals surface area contributed by atoms with E-state index < -0.39 is 0 Å². The summed E-state index contributed by atoms with van der Waals surface area (Å²) in [6.45, 7) is 6.91. The van der Waals surface area contributed by atoms with Crippen LogP contribution in [0.1, 0.15) is 41.6 Å². The summed E-state index contributed by atoms with van der Waals surface area (Å²) in [5.41, 5.74) is 7.93. The summed E-state index contributed by atoms with van der Waals surface area (Å²) in [6.07, 6.45) is 0.994. The topological polar surface area (TPSA) is 85.1 Å².